The highest BCUT2D eigenvalue weighted by molar-refractivity contribution is 5.91. The molecule has 0 fully saturated rings. The molecule has 0 bridgehead atoms. The van der Waals surface area contributed by atoms with Crippen LogP contribution >= 0.6 is 0 Å². The van der Waals surface area contributed by atoms with Gasteiger partial charge < -0.3 is 14.2 Å². The minimum atomic E-state index is -0.120. The van der Waals surface area contributed by atoms with Crippen LogP contribution in [0.4, 0.5) is 0 Å². The first-order valence-corrected chi connectivity index (χ1v) is 6.89. The van der Waals surface area contributed by atoms with Crippen molar-refractivity contribution in [1.29, 1.82) is 0 Å². The number of rotatable bonds is 6. The molecule has 1 heterocycles. The molecule has 0 unspecified atom stereocenters. The van der Waals surface area contributed by atoms with Crippen LogP contribution in [0.25, 0.3) is 0 Å². The van der Waals surface area contributed by atoms with Gasteiger partial charge in [-0.2, -0.15) is 0 Å². The molecule has 5 heteroatoms. The van der Waals surface area contributed by atoms with Gasteiger partial charge in [-0.3, -0.25) is 4.79 Å². The zero-order chi connectivity index (χ0) is 15.2. The molecule has 0 aliphatic rings. The lowest BCUT2D eigenvalue weighted by Gasteiger charge is -2.20. The topological polar surface area (TPSA) is 55.6 Å². The fourth-order valence-corrected chi connectivity index (χ4v) is 2.30. The SMILES string of the molecule is COc1ccc(C[C@@H](C)CN(C)C(=O)c2ccon2)cc1. The van der Waals surface area contributed by atoms with Crippen molar-refractivity contribution in [2.75, 3.05) is 20.7 Å². The third kappa shape index (κ3) is 4.08. The third-order valence-corrected chi connectivity index (χ3v) is 3.33. The second kappa shape index (κ2) is 6.92. The monoisotopic (exact) mass is 288 g/mol. The zero-order valence-corrected chi connectivity index (χ0v) is 12.6. The van der Waals surface area contributed by atoms with E-state index in [2.05, 4.69) is 24.2 Å². The van der Waals surface area contributed by atoms with E-state index in [0.29, 0.717) is 18.2 Å². The number of amides is 1. The van der Waals surface area contributed by atoms with E-state index in [9.17, 15) is 4.79 Å². The van der Waals surface area contributed by atoms with E-state index in [1.807, 2.05) is 12.1 Å². The first kappa shape index (κ1) is 15.1. The van der Waals surface area contributed by atoms with Crippen LogP contribution in [0.1, 0.15) is 23.0 Å². The molecule has 1 amide bonds. The number of nitrogens with zero attached hydrogens (tertiary/aromatic N) is 2. The van der Waals surface area contributed by atoms with Gasteiger partial charge in [0.05, 0.1) is 7.11 Å². The van der Waals surface area contributed by atoms with E-state index in [4.69, 9.17) is 9.26 Å². The van der Waals surface area contributed by atoms with E-state index in [1.165, 1.54) is 11.8 Å². The fourth-order valence-electron chi connectivity index (χ4n) is 2.30. The van der Waals surface area contributed by atoms with Crippen molar-refractivity contribution in [3.05, 3.63) is 47.9 Å². The van der Waals surface area contributed by atoms with Gasteiger partial charge in [0.1, 0.15) is 12.0 Å². The summed E-state index contributed by atoms with van der Waals surface area (Å²) in [5, 5.41) is 3.67. The highest BCUT2D eigenvalue weighted by Crippen LogP contribution is 2.15. The summed E-state index contributed by atoms with van der Waals surface area (Å²) in [5.41, 5.74) is 1.57. The Kier molecular flexibility index (Phi) is 4.98. The zero-order valence-electron chi connectivity index (χ0n) is 12.6. The van der Waals surface area contributed by atoms with Crippen LogP contribution in [0.2, 0.25) is 0 Å². The van der Waals surface area contributed by atoms with Gasteiger partial charge in [0.15, 0.2) is 5.69 Å². The number of methoxy groups -OCH3 is 1. The number of ether oxygens (including phenoxy) is 1. The Bertz CT molecular complexity index is 564. The van der Waals surface area contributed by atoms with E-state index in [0.717, 1.165) is 12.2 Å². The Morgan fingerprint density at radius 3 is 2.62 bits per heavy atom. The first-order chi connectivity index (χ1) is 10.1. The van der Waals surface area contributed by atoms with Gasteiger partial charge in [-0.25, -0.2) is 0 Å². The number of aromatic nitrogens is 1. The Balaban J connectivity index is 1.88. The summed E-state index contributed by atoms with van der Waals surface area (Å²) in [6, 6.07) is 9.58. The lowest BCUT2D eigenvalue weighted by Crippen LogP contribution is -2.31. The molecule has 2 rings (SSSR count). The average molecular weight is 288 g/mol. The molecule has 0 saturated carbocycles. The van der Waals surface area contributed by atoms with Crippen molar-refractivity contribution in [3.63, 3.8) is 0 Å². The number of hydrogen-bond acceptors (Lipinski definition) is 4. The van der Waals surface area contributed by atoms with Crippen molar-refractivity contribution in [3.8, 4) is 5.75 Å². The van der Waals surface area contributed by atoms with Crippen molar-refractivity contribution in [1.82, 2.24) is 10.1 Å². The number of carbonyl (C=O) groups is 1. The molecule has 112 valence electrons. The predicted octanol–water partition coefficient (Wildman–Crippen LogP) is 2.63. The Morgan fingerprint density at radius 1 is 1.33 bits per heavy atom. The third-order valence-electron chi connectivity index (χ3n) is 3.33. The van der Waals surface area contributed by atoms with Crippen molar-refractivity contribution in [2.45, 2.75) is 13.3 Å². The van der Waals surface area contributed by atoms with Crippen molar-refractivity contribution in [2.24, 2.45) is 5.92 Å². The fraction of sp³-hybridized carbons (Fsp3) is 0.375. The van der Waals surface area contributed by atoms with E-state index < -0.39 is 0 Å². The molecule has 1 aromatic carbocycles. The van der Waals surface area contributed by atoms with E-state index in [1.54, 1.807) is 25.1 Å². The average Bonchev–Trinajstić information content (AvgIpc) is 3.01. The molecule has 1 atom stereocenters. The number of hydrogen-bond donors (Lipinski definition) is 0. The minimum Gasteiger partial charge on any atom is -0.497 e. The molecule has 0 N–H and O–H groups in total. The van der Waals surface area contributed by atoms with E-state index >= 15 is 0 Å². The van der Waals surface area contributed by atoms with Crippen LogP contribution in [-0.2, 0) is 6.42 Å². The molecule has 0 saturated heterocycles. The van der Waals surface area contributed by atoms with Gasteiger partial charge >= 0.3 is 0 Å². The molecule has 2 aromatic rings. The maximum absolute atomic E-state index is 12.1. The van der Waals surface area contributed by atoms with Crippen LogP contribution in [-0.4, -0.2) is 36.7 Å². The Hall–Kier alpha value is -2.30. The molecule has 21 heavy (non-hydrogen) atoms. The van der Waals surface area contributed by atoms with Crippen LogP contribution in [0.15, 0.2) is 41.1 Å². The van der Waals surface area contributed by atoms with Crippen LogP contribution < -0.4 is 4.74 Å². The molecule has 0 radical (unpaired) electrons. The normalized spacial score (nSPS) is 12.0. The predicted molar refractivity (Wildman–Crippen MR) is 79.3 cm³/mol. The minimum absolute atomic E-state index is 0.120. The largest absolute Gasteiger partial charge is 0.497 e. The quantitative estimate of drug-likeness (QED) is 0.820. The summed E-state index contributed by atoms with van der Waals surface area (Å²) < 4.78 is 9.84. The highest BCUT2D eigenvalue weighted by Gasteiger charge is 2.17. The molecular formula is C16H20N2O3. The molecule has 0 aliphatic carbocycles. The first-order valence-electron chi connectivity index (χ1n) is 6.89. The number of benzene rings is 1. The Morgan fingerprint density at radius 2 is 2.05 bits per heavy atom. The summed E-state index contributed by atoms with van der Waals surface area (Å²) in [7, 11) is 3.43. The second-order valence-corrected chi connectivity index (χ2v) is 5.23. The van der Waals surface area contributed by atoms with E-state index in [-0.39, 0.29) is 5.91 Å². The molecule has 0 aliphatic heterocycles. The Labute approximate surface area is 124 Å². The van der Waals surface area contributed by atoms with Crippen LogP contribution in [0, 0.1) is 5.92 Å². The van der Waals surface area contributed by atoms with Gasteiger partial charge in [-0.05, 0) is 30.0 Å². The lowest BCUT2D eigenvalue weighted by molar-refractivity contribution is 0.0765. The van der Waals surface area contributed by atoms with Gasteiger partial charge in [0.2, 0.25) is 0 Å². The maximum Gasteiger partial charge on any atom is 0.275 e. The van der Waals surface area contributed by atoms with Crippen LogP contribution in [0.3, 0.4) is 0 Å². The molecular weight excluding hydrogens is 268 g/mol. The van der Waals surface area contributed by atoms with Gasteiger partial charge in [-0.15, -0.1) is 0 Å². The molecule has 1 aromatic heterocycles. The van der Waals surface area contributed by atoms with Crippen molar-refractivity contribution >= 4 is 5.91 Å². The van der Waals surface area contributed by atoms with Gasteiger partial charge in [0.25, 0.3) is 5.91 Å². The van der Waals surface area contributed by atoms with Crippen molar-refractivity contribution < 1.29 is 14.1 Å². The summed E-state index contributed by atoms with van der Waals surface area (Å²) in [6.07, 6.45) is 2.31. The standard InChI is InChI=1S/C16H20N2O3/c1-12(10-13-4-6-14(20-3)7-5-13)11-18(2)16(19)15-8-9-21-17-15/h4-9,12H,10-11H2,1-3H3/t12-/m1/s1. The molecule has 5 nitrogen and oxygen atoms in total. The number of carbonyl (C=O) groups excluding carboxylic acids is 1. The summed E-state index contributed by atoms with van der Waals surface area (Å²) >= 11 is 0. The summed E-state index contributed by atoms with van der Waals surface area (Å²) in [6.45, 7) is 2.79. The second-order valence-electron chi connectivity index (χ2n) is 5.23. The molecule has 0 spiro atoms. The highest BCUT2D eigenvalue weighted by atomic mass is 16.5. The lowest BCUT2D eigenvalue weighted by atomic mass is 10.0. The van der Waals surface area contributed by atoms with Crippen LogP contribution in [0.5, 0.6) is 5.75 Å². The maximum atomic E-state index is 12.1. The van der Waals surface area contributed by atoms with Gasteiger partial charge in [0, 0.05) is 19.7 Å². The summed E-state index contributed by atoms with van der Waals surface area (Å²) in [4.78, 5) is 13.7. The smallest absolute Gasteiger partial charge is 0.275 e. The van der Waals surface area contributed by atoms with Gasteiger partial charge in [-0.1, -0.05) is 24.2 Å². The summed E-state index contributed by atoms with van der Waals surface area (Å²) in [5.74, 6) is 1.08.